The Bertz CT molecular complexity index is 2160. The van der Waals surface area contributed by atoms with Gasteiger partial charge in [0.1, 0.15) is 11.6 Å². The van der Waals surface area contributed by atoms with E-state index in [4.69, 9.17) is 5.11 Å². The van der Waals surface area contributed by atoms with E-state index in [-0.39, 0.29) is 29.9 Å². The summed E-state index contributed by atoms with van der Waals surface area (Å²) >= 11 is 6.61. The molecule has 0 atom stereocenters. The van der Waals surface area contributed by atoms with E-state index >= 15 is 0 Å². The van der Waals surface area contributed by atoms with Crippen molar-refractivity contribution in [1.29, 1.82) is 0 Å². The van der Waals surface area contributed by atoms with Gasteiger partial charge in [0.15, 0.2) is 0 Å². The van der Waals surface area contributed by atoms with Crippen LogP contribution < -0.4 is 10.6 Å². The molecule has 6 nitrogen and oxygen atoms in total. The van der Waals surface area contributed by atoms with Gasteiger partial charge in [-0.25, -0.2) is 8.78 Å². The molecule has 0 unspecified atom stereocenters. The van der Waals surface area contributed by atoms with Crippen LogP contribution in [-0.2, 0) is 46.7 Å². The van der Waals surface area contributed by atoms with Gasteiger partial charge in [0.25, 0.3) is 0 Å². The smallest absolute Gasteiger partial charge is 0.307 e. The van der Waals surface area contributed by atoms with Gasteiger partial charge in [0.05, 0.1) is 19.3 Å². The van der Waals surface area contributed by atoms with Crippen LogP contribution in [0.15, 0.2) is 213 Å². The first-order valence-electron chi connectivity index (χ1n) is 18.9. The highest BCUT2D eigenvalue weighted by Gasteiger charge is 2.06. The minimum atomic E-state index is -0.799. The van der Waals surface area contributed by atoms with Gasteiger partial charge in [-0.15, -0.1) is 52.6 Å². The Kier molecular flexibility index (Phi) is 30.7. The number of carbonyl (C=O) groups is 3. The molecule has 0 spiro atoms. The van der Waals surface area contributed by atoms with Crippen molar-refractivity contribution in [1.82, 2.24) is 10.6 Å². The second-order valence-electron chi connectivity index (χ2n) is 12.1. The fourth-order valence-corrected chi connectivity index (χ4v) is 5.54. The molecular weight excluding hydrogens is 914 g/mol. The molecule has 0 bridgehead atoms. The van der Waals surface area contributed by atoms with Crippen molar-refractivity contribution >= 4 is 49.6 Å². The number of aliphatic carboxylic acids is 1. The maximum absolute atomic E-state index is 13.1. The average Bonchev–Trinajstić information content (AvgIpc) is 3.30. The van der Waals surface area contributed by atoms with Crippen molar-refractivity contribution in [2.45, 2.75) is 32.4 Å². The SMILES string of the molecule is C=C.C=C.C=C.C=C.O=C(Cc1ccc(-c2ccccc2)cc1)NCc1cccc(F)c1.O=C(Cc1ccc(Br)cc1)NCc1cccc(F)c1.O=C(O)Cc1ccc(Br)cc1. The fraction of sp³-hybridized carbons (Fsp3) is 0.0962. The van der Waals surface area contributed by atoms with Crippen LogP contribution in [0.1, 0.15) is 27.8 Å². The normalized spacial score (nSPS) is 9.10. The molecule has 0 aliphatic heterocycles. The van der Waals surface area contributed by atoms with Crippen LogP contribution >= 0.6 is 31.9 Å². The fourth-order valence-electron chi connectivity index (χ4n) is 5.02. The highest BCUT2D eigenvalue weighted by Crippen LogP contribution is 2.19. The molecule has 6 rings (SSSR count). The number of carboxylic acids is 1. The van der Waals surface area contributed by atoms with Gasteiger partial charge >= 0.3 is 5.97 Å². The van der Waals surface area contributed by atoms with Gasteiger partial charge in [-0.2, -0.15) is 0 Å². The van der Waals surface area contributed by atoms with Crippen molar-refractivity contribution in [2.75, 3.05) is 0 Å². The zero-order valence-electron chi connectivity index (χ0n) is 34.8. The number of nitrogens with one attached hydrogen (secondary N) is 2. The van der Waals surface area contributed by atoms with Gasteiger partial charge in [0.2, 0.25) is 11.8 Å². The number of benzene rings is 6. The number of halogens is 4. The summed E-state index contributed by atoms with van der Waals surface area (Å²) in [5.74, 6) is -1.54. The molecule has 3 N–H and O–H groups in total. The molecule has 6 aromatic rings. The molecule has 324 valence electrons. The largest absolute Gasteiger partial charge is 0.481 e. The van der Waals surface area contributed by atoms with E-state index in [1.165, 1.54) is 24.3 Å². The summed E-state index contributed by atoms with van der Waals surface area (Å²) in [6, 6.07) is 45.3. The highest BCUT2D eigenvalue weighted by molar-refractivity contribution is 9.10. The van der Waals surface area contributed by atoms with Crippen LogP contribution in [0.2, 0.25) is 0 Å². The molecule has 62 heavy (non-hydrogen) atoms. The number of amides is 2. The molecule has 0 saturated heterocycles. The molecule has 10 heteroatoms. The topological polar surface area (TPSA) is 95.5 Å². The van der Waals surface area contributed by atoms with E-state index in [0.29, 0.717) is 25.9 Å². The highest BCUT2D eigenvalue weighted by atomic mass is 79.9. The van der Waals surface area contributed by atoms with E-state index in [1.807, 2.05) is 78.9 Å². The number of carbonyl (C=O) groups excluding carboxylic acids is 2. The number of hydrogen-bond acceptors (Lipinski definition) is 3. The van der Waals surface area contributed by atoms with Crippen molar-refractivity contribution in [2.24, 2.45) is 0 Å². The van der Waals surface area contributed by atoms with Gasteiger partial charge < -0.3 is 15.7 Å². The summed E-state index contributed by atoms with van der Waals surface area (Å²) in [6.07, 6.45) is 0.722. The maximum Gasteiger partial charge on any atom is 0.307 e. The summed E-state index contributed by atoms with van der Waals surface area (Å²) < 4.78 is 28.0. The molecule has 0 aliphatic carbocycles. The first-order chi connectivity index (χ1) is 30.0. The Morgan fingerprint density at radius 1 is 0.435 bits per heavy atom. The number of rotatable bonds is 11. The van der Waals surface area contributed by atoms with Gasteiger partial charge in [-0.3, -0.25) is 14.4 Å². The zero-order chi connectivity index (χ0) is 46.7. The third-order valence-electron chi connectivity index (χ3n) is 7.73. The third-order valence-corrected chi connectivity index (χ3v) is 8.79. The second kappa shape index (κ2) is 34.2. The third kappa shape index (κ3) is 24.6. The van der Waals surface area contributed by atoms with Crippen LogP contribution in [-0.4, -0.2) is 22.9 Å². The lowest BCUT2D eigenvalue weighted by Crippen LogP contribution is -2.24. The van der Waals surface area contributed by atoms with Crippen LogP contribution in [0.3, 0.4) is 0 Å². The first kappa shape index (κ1) is 55.5. The van der Waals surface area contributed by atoms with E-state index in [0.717, 1.165) is 47.9 Å². The summed E-state index contributed by atoms with van der Waals surface area (Å²) in [7, 11) is 0. The van der Waals surface area contributed by atoms with Crippen LogP contribution in [0, 0.1) is 11.6 Å². The predicted octanol–water partition coefficient (Wildman–Crippen LogP) is 13.1. The monoisotopic (exact) mass is 966 g/mol. The van der Waals surface area contributed by atoms with Gasteiger partial charge in [-0.05, 0) is 87.5 Å². The summed E-state index contributed by atoms with van der Waals surface area (Å²) in [5, 5.41) is 14.0. The van der Waals surface area contributed by atoms with E-state index in [2.05, 4.69) is 107 Å². The molecule has 6 aromatic carbocycles. The average molecular weight is 969 g/mol. The predicted molar refractivity (Wildman–Crippen MR) is 260 cm³/mol. The van der Waals surface area contributed by atoms with Gasteiger partial charge in [0, 0.05) is 22.0 Å². The minimum Gasteiger partial charge on any atom is -0.481 e. The lowest BCUT2D eigenvalue weighted by atomic mass is 10.0. The quantitative estimate of drug-likeness (QED) is 0.113. The Labute approximate surface area is 382 Å². The van der Waals surface area contributed by atoms with Crippen LogP contribution in [0.5, 0.6) is 0 Å². The number of hydrogen-bond donors (Lipinski definition) is 3. The van der Waals surface area contributed by atoms with E-state index < -0.39 is 5.97 Å². The van der Waals surface area contributed by atoms with Crippen molar-refractivity contribution in [3.05, 3.63) is 253 Å². The first-order valence-corrected chi connectivity index (χ1v) is 20.5. The Balaban J connectivity index is 0.000000873. The van der Waals surface area contributed by atoms with Crippen molar-refractivity contribution in [3.8, 4) is 11.1 Å². The standard InChI is InChI=1S/C21H18FNO.C15H13BrFNO.C8H7BrO2.4C2H4/c22-20-8-4-5-17(13-20)15-23-21(24)14-16-9-11-19(12-10-16)18-6-2-1-3-7-18;16-13-6-4-11(5-7-13)9-15(19)18-10-12-2-1-3-14(17)8-12;9-7-3-1-6(2-4-7)5-8(10)11;4*1-2/h1-13H,14-15H2,(H,23,24);1-8H,9-10H2,(H,18,19);1-4H,5H2,(H,10,11);4*1-2H2. The van der Waals surface area contributed by atoms with Crippen molar-refractivity contribution < 1.29 is 28.3 Å². The molecule has 0 aliphatic rings. The molecular formula is C52H54Br2F2N2O4. The zero-order valence-corrected chi connectivity index (χ0v) is 38.0. The summed E-state index contributed by atoms with van der Waals surface area (Å²) in [5.41, 5.74) is 6.50. The van der Waals surface area contributed by atoms with E-state index in [1.54, 1.807) is 36.4 Å². The second-order valence-corrected chi connectivity index (χ2v) is 13.9. The Morgan fingerprint density at radius 3 is 1.13 bits per heavy atom. The van der Waals surface area contributed by atoms with Crippen LogP contribution in [0.4, 0.5) is 8.78 Å². The molecule has 0 fully saturated rings. The Morgan fingerprint density at radius 2 is 0.774 bits per heavy atom. The molecule has 0 saturated carbocycles. The summed E-state index contributed by atoms with van der Waals surface area (Å²) in [6.45, 7) is 24.7. The Hall–Kier alpha value is -6.49. The lowest BCUT2D eigenvalue weighted by Gasteiger charge is -2.07. The maximum atomic E-state index is 13.1. The van der Waals surface area contributed by atoms with Crippen LogP contribution in [0.25, 0.3) is 11.1 Å². The van der Waals surface area contributed by atoms with Crippen molar-refractivity contribution in [3.63, 3.8) is 0 Å². The van der Waals surface area contributed by atoms with Gasteiger partial charge in [-0.1, -0.05) is 135 Å². The molecule has 0 heterocycles. The molecule has 2 amide bonds. The molecule has 0 aromatic heterocycles. The summed E-state index contributed by atoms with van der Waals surface area (Å²) in [4.78, 5) is 34.0. The van der Waals surface area contributed by atoms with E-state index in [9.17, 15) is 23.2 Å². The lowest BCUT2D eigenvalue weighted by molar-refractivity contribution is -0.136. The minimum absolute atomic E-state index is 0.0771. The number of carboxylic acid groups (broad SMARTS) is 1. The molecule has 0 radical (unpaired) electrons.